The lowest BCUT2D eigenvalue weighted by atomic mass is 9.72. The van der Waals surface area contributed by atoms with E-state index in [9.17, 15) is 5.11 Å². The van der Waals surface area contributed by atoms with Gasteiger partial charge in [-0.05, 0) is 24.7 Å². The lowest BCUT2D eigenvalue weighted by molar-refractivity contribution is -0.0751. The molecule has 3 N–H and O–H groups in total. The Morgan fingerprint density at radius 2 is 2.00 bits per heavy atom. The molecule has 0 unspecified atom stereocenters. The second-order valence-electron chi connectivity index (χ2n) is 4.73. The van der Waals surface area contributed by atoms with Crippen molar-refractivity contribution in [2.24, 2.45) is 23.5 Å². The molecule has 0 aromatic heterocycles. The molecule has 1 aliphatic rings. The van der Waals surface area contributed by atoms with Crippen molar-refractivity contribution in [1.29, 1.82) is 0 Å². The molecule has 0 aromatic carbocycles. The normalized spacial score (nSPS) is 43.5. The molecule has 3 atom stereocenters. The van der Waals surface area contributed by atoms with Gasteiger partial charge in [0.25, 0.3) is 0 Å². The zero-order valence-electron chi connectivity index (χ0n) is 8.38. The van der Waals surface area contributed by atoms with Crippen molar-refractivity contribution in [3.05, 3.63) is 0 Å². The molecule has 0 radical (unpaired) electrons. The van der Waals surface area contributed by atoms with Gasteiger partial charge in [-0.15, -0.1) is 0 Å². The highest BCUT2D eigenvalue weighted by Crippen LogP contribution is 2.37. The van der Waals surface area contributed by atoms with Crippen LogP contribution in [0.3, 0.4) is 0 Å². The first-order valence-electron chi connectivity index (χ1n) is 4.94. The fraction of sp³-hybridized carbons (Fsp3) is 1.00. The molecule has 0 aromatic rings. The molecule has 0 saturated heterocycles. The molecule has 0 heterocycles. The van der Waals surface area contributed by atoms with Gasteiger partial charge in [0.05, 0.1) is 0 Å². The van der Waals surface area contributed by atoms with Gasteiger partial charge in [-0.3, -0.25) is 0 Å². The SMILES string of the molecule is CC(C)[C@@H]1CC[C@@H](C)C[C@@]1(N)O. The molecule has 72 valence electrons. The highest BCUT2D eigenvalue weighted by Gasteiger charge is 2.39. The van der Waals surface area contributed by atoms with Crippen LogP contribution in [0, 0.1) is 17.8 Å². The molecular weight excluding hydrogens is 150 g/mol. The fourth-order valence-corrected chi connectivity index (χ4v) is 2.44. The van der Waals surface area contributed by atoms with E-state index in [1.165, 1.54) is 6.42 Å². The van der Waals surface area contributed by atoms with Crippen LogP contribution in [0.1, 0.15) is 40.0 Å². The van der Waals surface area contributed by atoms with Crippen molar-refractivity contribution in [2.75, 3.05) is 0 Å². The van der Waals surface area contributed by atoms with Crippen molar-refractivity contribution in [2.45, 2.75) is 45.8 Å². The smallest absolute Gasteiger partial charge is 0.116 e. The summed E-state index contributed by atoms with van der Waals surface area (Å²) in [5.74, 6) is 1.36. The van der Waals surface area contributed by atoms with E-state index in [4.69, 9.17) is 5.73 Å². The maximum absolute atomic E-state index is 9.95. The van der Waals surface area contributed by atoms with E-state index in [1.54, 1.807) is 0 Å². The van der Waals surface area contributed by atoms with Gasteiger partial charge in [0, 0.05) is 5.92 Å². The average Bonchev–Trinajstić information content (AvgIpc) is 1.82. The molecule has 2 nitrogen and oxygen atoms in total. The zero-order valence-corrected chi connectivity index (χ0v) is 8.38. The van der Waals surface area contributed by atoms with Gasteiger partial charge in [0.15, 0.2) is 0 Å². The topological polar surface area (TPSA) is 46.2 Å². The summed E-state index contributed by atoms with van der Waals surface area (Å²) in [5.41, 5.74) is 4.96. The quantitative estimate of drug-likeness (QED) is 0.590. The van der Waals surface area contributed by atoms with Crippen molar-refractivity contribution in [3.8, 4) is 0 Å². The van der Waals surface area contributed by atoms with Crippen LogP contribution in [0.4, 0.5) is 0 Å². The third-order valence-electron chi connectivity index (χ3n) is 3.09. The van der Waals surface area contributed by atoms with Gasteiger partial charge < -0.3 is 10.8 Å². The third-order valence-corrected chi connectivity index (χ3v) is 3.09. The Bertz CT molecular complexity index is 154. The second kappa shape index (κ2) is 3.35. The van der Waals surface area contributed by atoms with Crippen molar-refractivity contribution < 1.29 is 5.11 Å². The van der Waals surface area contributed by atoms with E-state index in [0.29, 0.717) is 11.8 Å². The minimum Gasteiger partial charge on any atom is -0.376 e. The molecule has 1 rings (SSSR count). The zero-order chi connectivity index (χ0) is 9.35. The Morgan fingerprint density at radius 1 is 1.42 bits per heavy atom. The monoisotopic (exact) mass is 171 g/mol. The summed E-state index contributed by atoms with van der Waals surface area (Å²) < 4.78 is 0. The molecule has 2 heteroatoms. The number of hydrogen-bond donors (Lipinski definition) is 2. The van der Waals surface area contributed by atoms with Crippen LogP contribution >= 0.6 is 0 Å². The lowest BCUT2D eigenvalue weighted by Crippen LogP contribution is -2.52. The Balaban J connectivity index is 2.64. The lowest BCUT2D eigenvalue weighted by Gasteiger charge is -2.41. The predicted molar refractivity (Wildman–Crippen MR) is 50.5 cm³/mol. The van der Waals surface area contributed by atoms with Gasteiger partial charge >= 0.3 is 0 Å². The van der Waals surface area contributed by atoms with Crippen LogP contribution in [-0.4, -0.2) is 10.8 Å². The summed E-state index contributed by atoms with van der Waals surface area (Å²) in [6.45, 7) is 6.44. The van der Waals surface area contributed by atoms with Gasteiger partial charge in [-0.1, -0.05) is 27.2 Å². The van der Waals surface area contributed by atoms with Crippen LogP contribution in [0.2, 0.25) is 0 Å². The average molecular weight is 171 g/mol. The number of hydrogen-bond acceptors (Lipinski definition) is 2. The van der Waals surface area contributed by atoms with Crippen molar-refractivity contribution >= 4 is 0 Å². The minimum absolute atomic E-state index is 0.286. The number of nitrogens with two attached hydrogens (primary N) is 1. The van der Waals surface area contributed by atoms with Crippen molar-refractivity contribution in [3.63, 3.8) is 0 Å². The minimum atomic E-state index is -0.911. The largest absolute Gasteiger partial charge is 0.376 e. The van der Waals surface area contributed by atoms with Crippen LogP contribution in [0.15, 0.2) is 0 Å². The van der Waals surface area contributed by atoms with Crippen LogP contribution < -0.4 is 5.73 Å². The van der Waals surface area contributed by atoms with Crippen LogP contribution in [0.5, 0.6) is 0 Å². The van der Waals surface area contributed by atoms with Gasteiger partial charge in [0.1, 0.15) is 5.72 Å². The Morgan fingerprint density at radius 3 is 2.42 bits per heavy atom. The molecule has 12 heavy (non-hydrogen) atoms. The Labute approximate surface area is 75.2 Å². The maximum Gasteiger partial charge on any atom is 0.116 e. The summed E-state index contributed by atoms with van der Waals surface area (Å²) in [6.07, 6.45) is 3.05. The molecule has 1 fully saturated rings. The van der Waals surface area contributed by atoms with Gasteiger partial charge in [0.2, 0.25) is 0 Å². The summed E-state index contributed by atoms with van der Waals surface area (Å²) >= 11 is 0. The molecule has 0 amide bonds. The third kappa shape index (κ3) is 1.99. The summed E-state index contributed by atoms with van der Waals surface area (Å²) in [5, 5.41) is 9.95. The van der Waals surface area contributed by atoms with Crippen LogP contribution in [0.25, 0.3) is 0 Å². The van der Waals surface area contributed by atoms with E-state index in [0.717, 1.165) is 12.8 Å². The predicted octanol–water partition coefficient (Wildman–Crippen LogP) is 1.73. The van der Waals surface area contributed by atoms with Gasteiger partial charge in [-0.25, -0.2) is 0 Å². The summed E-state index contributed by atoms with van der Waals surface area (Å²) in [7, 11) is 0. The Kier molecular flexibility index (Phi) is 2.79. The molecule has 0 spiro atoms. The number of aliphatic hydroxyl groups is 1. The highest BCUT2D eigenvalue weighted by molar-refractivity contribution is 4.88. The highest BCUT2D eigenvalue weighted by atomic mass is 16.3. The van der Waals surface area contributed by atoms with Crippen LogP contribution in [-0.2, 0) is 0 Å². The van der Waals surface area contributed by atoms with E-state index in [2.05, 4.69) is 20.8 Å². The van der Waals surface area contributed by atoms with E-state index < -0.39 is 5.72 Å². The summed E-state index contributed by atoms with van der Waals surface area (Å²) in [4.78, 5) is 0. The van der Waals surface area contributed by atoms with E-state index in [-0.39, 0.29) is 5.92 Å². The van der Waals surface area contributed by atoms with E-state index >= 15 is 0 Å². The number of rotatable bonds is 1. The van der Waals surface area contributed by atoms with Crippen molar-refractivity contribution in [1.82, 2.24) is 0 Å². The fourth-order valence-electron chi connectivity index (χ4n) is 2.44. The van der Waals surface area contributed by atoms with E-state index in [1.807, 2.05) is 0 Å². The first-order valence-corrected chi connectivity index (χ1v) is 4.94. The van der Waals surface area contributed by atoms with Gasteiger partial charge in [-0.2, -0.15) is 0 Å². The Hall–Kier alpha value is -0.0800. The standard InChI is InChI=1S/C10H21NO/c1-7(2)9-5-4-8(3)6-10(9,11)12/h7-9,12H,4-6,11H2,1-3H3/t8-,9+,10-/m1/s1. The maximum atomic E-state index is 9.95. The molecule has 1 aliphatic carbocycles. The molecule has 0 bridgehead atoms. The summed E-state index contributed by atoms with van der Waals surface area (Å²) in [6, 6.07) is 0. The molecule has 0 aliphatic heterocycles. The first-order chi connectivity index (χ1) is 5.43. The molecule has 1 saturated carbocycles. The molecular formula is C10H21NO. The second-order valence-corrected chi connectivity index (χ2v) is 4.73. The first kappa shape index (κ1) is 10.0.